The first-order valence-electron chi connectivity index (χ1n) is 8.53. The van der Waals surface area contributed by atoms with Crippen LogP contribution in [0, 0.1) is 17.8 Å². The lowest BCUT2D eigenvalue weighted by Gasteiger charge is -2.37. The van der Waals surface area contributed by atoms with E-state index in [0.29, 0.717) is 6.42 Å². The van der Waals surface area contributed by atoms with Gasteiger partial charge >= 0.3 is 5.97 Å². The average Bonchev–Trinajstić information content (AvgIpc) is 2.48. The molecular weight excluding hydrogens is 248 g/mol. The largest absolute Gasteiger partial charge is 0.462 e. The van der Waals surface area contributed by atoms with Gasteiger partial charge in [0.2, 0.25) is 0 Å². The minimum atomic E-state index is -0.105. The summed E-state index contributed by atoms with van der Waals surface area (Å²) in [5.74, 6) is 2.72. The van der Waals surface area contributed by atoms with Crippen molar-refractivity contribution < 1.29 is 9.53 Å². The van der Waals surface area contributed by atoms with Gasteiger partial charge in [0.05, 0.1) is 6.42 Å². The smallest absolute Gasteiger partial charge is 0.309 e. The van der Waals surface area contributed by atoms with Gasteiger partial charge in [-0.1, -0.05) is 32.3 Å². The monoisotopic (exact) mass is 278 g/mol. The van der Waals surface area contributed by atoms with Crippen molar-refractivity contribution in [3.8, 4) is 0 Å². The van der Waals surface area contributed by atoms with Gasteiger partial charge in [0.25, 0.3) is 0 Å². The standard InChI is InChI=1S/C18H30O2/c1-3-5-18(19)20-17-12-10-16(11-13-17)15-8-6-14(4-2)7-9-15/h3,14-17H,1,4-13H2,2H3/t14-,15-,16?,17?. The molecule has 2 aliphatic carbocycles. The van der Waals surface area contributed by atoms with Crippen molar-refractivity contribution in [2.45, 2.75) is 77.2 Å². The van der Waals surface area contributed by atoms with E-state index in [1.165, 1.54) is 44.9 Å². The Morgan fingerprint density at radius 2 is 1.60 bits per heavy atom. The molecule has 0 saturated heterocycles. The van der Waals surface area contributed by atoms with Crippen LogP contribution >= 0.6 is 0 Å². The summed E-state index contributed by atoms with van der Waals surface area (Å²) >= 11 is 0. The third kappa shape index (κ3) is 4.36. The van der Waals surface area contributed by atoms with E-state index in [9.17, 15) is 4.79 Å². The van der Waals surface area contributed by atoms with Crippen LogP contribution in [0.15, 0.2) is 12.7 Å². The second-order valence-corrected chi connectivity index (χ2v) is 6.71. The van der Waals surface area contributed by atoms with E-state index in [1.807, 2.05) is 0 Å². The van der Waals surface area contributed by atoms with Gasteiger partial charge in [0.1, 0.15) is 6.10 Å². The molecule has 0 heterocycles. The Morgan fingerprint density at radius 3 is 2.10 bits per heavy atom. The van der Waals surface area contributed by atoms with E-state index in [1.54, 1.807) is 6.08 Å². The second-order valence-electron chi connectivity index (χ2n) is 6.71. The highest BCUT2D eigenvalue weighted by Crippen LogP contribution is 2.41. The molecule has 2 heteroatoms. The summed E-state index contributed by atoms with van der Waals surface area (Å²) in [6.07, 6.45) is 13.9. The van der Waals surface area contributed by atoms with E-state index < -0.39 is 0 Å². The topological polar surface area (TPSA) is 26.3 Å². The summed E-state index contributed by atoms with van der Waals surface area (Å²) in [6, 6.07) is 0. The molecule has 20 heavy (non-hydrogen) atoms. The fourth-order valence-electron chi connectivity index (χ4n) is 4.10. The zero-order valence-electron chi connectivity index (χ0n) is 13.0. The number of carbonyl (C=O) groups excluding carboxylic acids is 1. The first-order chi connectivity index (χ1) is 9.72. The zero-order valence-corrected chi connectivity index (χ0v) is 13.0. The maximum atomic E-state index is 11.5. The summed E-state index contributed by atoms with van der Waals surface area (Å²) in [5.41, 5.74) is 0. The number of hydrogen-bond donors (Lipinski definition) is 0. The number of carbonyl (C=O) groups is 1. The highest BCUT2D eigenvalue weighted by molar-refractivity contribution is 5.71. The third-order valence-corrected chi connectivity index (χ3v) is 5.46. The van der Waals surface area contributed by atoms with Crippen molar-refractivity contribution in [3.05, 3.63) is 12.7 Å². The molecule has 2 nitrogen and oxygen atoms in total. The molecule has 0 aromatic heterocycles. The number of rotatable bonds is 5. The molecule has 0 bridgehead atoms. The summed E-state index contributed by atoms with van der Waals surface area (Å²) in [4.78, 5) is 11.5. The molecule has 0 aromatic rings. The van der Waals surface area contributed by atoms with Crippen LogP contribution in [0.5, 0.6) is 0 Å². The van der Waals surface area contributed by atoms with Crippen LogP contribution in [-0.4, -0.2) is 12.1 Å². The Kier molecular flexibility index (Phi) is 6.12. The highest BCUT2D eigenvalue weighted by Gasteiger charge is 2.31. The zero-order chi connectivity index (χ0) is 14.4. The van der Waals surface area contributed by atoms with Crippen molar-refractivity contribution in [1.29, 1.82) is 0 Å². The highest BCUT2D eigenvalue weighted by atomic mass is 16.5. The van der Waals surface area contributed by atoms with Gasteiger partial charge in [0, 0.05) is 0 Å². The molecule has 2 rings (SSSR count). The third-order valence-electron chi connectivity index (χ3n) is 5.46. The van der Waals surface area contributed by atoms with E-state index in [2.05, 4.69) is 13.5 Å². The van der Waals surface area contributed by atoms with Gasteiger partial charge in [-0.25, -0.2) is 0 Å². The second kappa shape index (κ2) is 7.85. The van der Waals surface area contributed by atoms with Crippen LogP contribution in [0.3, 0.4) is 0 Å². The Morgan fingerprint density at radius 1 is 1.05 bits per heavy atom. The van der Waals surface area contributed by atoms with Crippen molar-refractivity contribution in [1.82, 2.24) is 0 Å². The lowest BCUT2D eigenvalue weighted by atomic mass is 9.70. The number of esters is 1. The molecule has 0 spiro atoms. The number of ether oxygens (including phenoxy) is 1. The van der Waals surface area contributed by atoms with E-state index in [-0.39, 0.29) is 12.1 Å². The van der Waals surface area contributed by atoms with Crippen molar-refractivity contribution in [2.24, 2.45) is 17.8 Å². The molecule has 0 unspecified atom stereocenters. The summed E-state index contributed by atoms with van der Waals surface area (Å²) in [7, 11) is 0. The van der Waals surface area contributed by atoms with Crippen LogP contribution < -0.4 is 0 Å². The molecule has 0 radical (unpaired) electrons. The van der Waals surface area contributed by atoms with Crippen LogP contribution in [0.25, 0.3) is 0 Å². The molecule has 0 atom stereocenters. The average molecular weight is 278 g/mol. The Hall–Kier alpha value is -0.790. The fourth-order valence-corrected chi connectivity index (χ4v) is 4.10. The predicted octanol–water partition coefficient (Wildman–Crippen LogP) is 4.88. The summed E-state index contributed by atoms with van der Waals surface area (Å²) in [5, 5.41) is 0. The van der Waals surface area contributed by atoms with E-state index in [0.717, 1.165) is 30.6 Å². The lowest BCUT2D eigenvalue weighted by molar-refractivity contribution is -0.150. The molecule has 0 aromatic carbocycles. The maximum Gasteiger partial charge on any atom is 0.309 e. The minimum Gasteiger partial charge on any atom is -0.462 e. The number of hydrogen-bond acceptors (Lipinski definition) is 2. The van der Waals surface area contributed by atoms with Crippen molar-refractivity contribution >= 4 is 5.97 Å². The molecule has 0 amide bonds. The van der Waals surface area contributed by atoms with E-state index in [4.69, 9.17) is 4.74 Å². The Labute approximate surface area is 124 Å². The van der Waals surface area contributed by atoms with E-state index >= 15 is 0 Å². The molecule has 2 aliphatic rings. The van der Waals surface area contributed by atoms with Gasteiger partial charge in [-0.15, -0.1) is 6.58 Å². The van der Waals surface area contributed by atoms with Gasteiger partial charge in [-0.3, -0.25) is 4.79 Å². The first-order valence-corrected chi connectivity index (χ1v) is 8.53. The Bertz CT molecular complexity index is 307. The van der Waals surface area contributed by atoms with Crippen LogP contribution in [0.2, 0.25) is 0 Å². The minimum absolute atomic E-state index is 0.105. The lowest BCUT2D eigenvalue weighted by Crippen LogP contribution is -2.29. The summed E-state index contributed by atoms with van der Waals surface area (Å²) < 4.78 is 5.49. The van der Waals surface area contributed by atoms with Gasteiger partial charge in [-0.2, -0.15) is 0 Å². The first kappa shape index (κ1) is 15.6. The van der Waals surface area contributed by atoms with Crippen molar-refractivity contribution in [3.63, 3.8) is 0 Å². The molecule has 2 saturated carbocycles. The molecular formula is C18H30O2. The van der Waals surface area contributed by atoms with Gasteiger partial charge < -0.3 is 4.74 Å². The molecule has 0 aliphatic heterocycles. The SMILES string of the molecule is C=CCC(=O)OC1CCC([C@H]2CC[C@H](CC)CC2)CC1. The summed E-state index contributed by atoms with van der Waals surface area (Å²) in [6.45, 7) is 5.91. The predicted molar refractivity (Wildman–Crippen MR) is 82.4 cm³/mol. The van der Waals surface area contributed by atoms with Crippen LogP contribution in [-0.2, 0) is 9.53 Å². The van der Waals surface area contributed by atoms with Crippen LogP contribution in [0.1, 0.15) is 71.1 Å². The molecule has 0 N–H and O–H groups in total. The maximum absolute atomic E-state index is 11.5. The van der Waals surface area contributed by atoms with Crippen molar-refractivity contribution in [2.75, 3.05) is 0 Å². The normalized spacial score (nSPS) is 34.5. The van der Waals surface area contributed by atoms with Crippen LogP contribution in [0.4, 0.5) is 0 Å². The van der Waals surface area contributed by atoms with Gasteiger partial charge in [0.15, 0.2) is 0 Å². The van der Waals surface area contributed by atoms with Gasteiger partial charge in [-0.05, 0) is 56.3 Å². The fraction of sp³-hybridized carbons (Fsp3) is 0.833. The Balaban J connectivity index is 1.69. The molecule has 2 fully saturated rings. The molecule has 114 valence electrons. The quantitative estimate of drug-likeness (QED) is 0.529.